The number of benzene rings is 2. The van der Waals surface area contributed by atoms with E-state index in [1.807, 2.05) is 31.2 Å². The predicted molar refractivity (Wildman–Crippen MR) is 97.1 cm³/mol. The van der Waals surface area contributed by atoms with Crippen LogP contribution in [0.2, 0.25) is 5.02 Å². The normalized spacial score (nSPS) is 11.4. The summed E-state index contributed by atoms with van der Waals surface area (Å²) in [5.74, 6) is -0.134. The van der Waals surface area contributed by atoms with Gasteiger partial charge in [0.25, 0.3) is 0 Å². The number of hydrogen-bond donors (Lipinski definition) is 0. The highest BCUT2D eigenvalue weighted by Gasteiger charge is 2.22. The molecule has 0 saturated carbocycles. The molecule has 0 aliphatic heterocycles. The van der Waals surface area contributed by atoms with Gasteiger partial charge in [0, 0.05) is 0 Å². The Kier molecular flexibility index (Phi) is 4.41. The lowest BCUT2D eigenvalue weighted by Gasteiger charge is -2.19. The Hall–Kier alpha value is -2.20. The molecule has 0 atom stereocenters. The standard InChI is InChI=1S/C19H19ClFN3/c1-11(2)9-14-13(12(3)4)10-15(20)18(21)19(14)24-17-8-6-5-7-16(17)22-23-24/h5-8,10-11H,3,9H2,1-2,4H3. The molecule has 124 valence electrons. The molecule has 0 aliphatic carbocycles. The first kappa shape index (κ1) is 16.7. The van der Waals surface area contributed by atoms with Gasteiger partial charge in [0.05, 0.1) is 10.5 Å². The molecule has 0 aliphatic rings. The molecule has 5 heteroatoms. The van der Waals surface area contributed by atoms with Crippen LogP contribution in [0.4, 0.5) is 4.39 Å². The molecule has 0 spiro atoms. The van der Waals surface area contributed by atoms with Gasteiger partial charge >= 0.3 is 0 Å². The summed E-state index contributed by atoms with van der Waals surface area (Å²) >= 11 is 6.16. The fourth-order valence-corrected chi connectivity index (χ4v) is 3.10. The first-order valence-electron chi connectivity index (χ1n) is 7.87. The van der Waals surface area contributed by atoms with Crippen LogP contribution in [0.1, 0.15) is 31.9 Å². The van der Waals surface area contributed by atoms with E-state index in [0.29, 0.717) is 23.5 Å². The Morgan fingerprint density at radius 2 is 2.04 bits per heavy atom. The fourth-order valence-electron chi connectivity index (χ4n) is 2.90. The minimum Gasteiger partial charge on any atom is -0.209 e. The van der Waals surface area contributed by atoms with E-state index in [1.54, 1.807) is 10.7 Å². The molecule has 3 rings (SSSR count). The van der Waals surface area contributed by atoms with Gasteiger partial charge in [-0.2, -0.15) is 0 Å². The molecule has 1 aromatic heterocycles. The van der Waals surface area contributed by atoms with Gasteiger partial charge in [-0.25, -0.2) is 9.07 Å². The summed E-state index contributed by atoms with van der Waals surface area (Å²) in [6, 6.07) is 9.13. The first-order valence-corrected chi connectivity index (χ1v) is 8.25. The molecule has 0 amide bonds. The summed E-state index contributed by atoms with van der Waals surface area (Å²) in [5.41, 5.74) is 4.39. The Balaban J connectivity index is 2.39. The smallest absolute Gasteiger partial charge is 0.167 e. The van der Waals surface area contributed by atoms with Crippen LogP contribution in [0, 0.1) is 11.7 Å². The zero-order valence-corrected chi connectivity index (χ0v) is 14.7. The van der Waals surface area contributed by atoms with E-state index < -0.39 is 5.82 Å². The van der Waals surface area contributed by atoms with Crippen molar-refractivity contribution in [1.82, 2.24) is 15.0 Å². The number of hydrogen-bond acceptors (Lipinski definition) is 2. The van der Waals surface area contributed by atoms with Gasteiger partial charge in [-0.1, -0.05) is 54.9 Å². The maximum absolute atomic E-state index is 15.0. The van der Waals surface area contributed by atoms with Gasteiger partial charge in [0.15, 0.2) is 5.82 Å². The van der Waals surface area contributed by atoms with E-state index in [4.69, 9.17) is 11.6 Å². The predicted octanol–water partition coefficient (Wildman–Crippen LogP) is 5.44. The summed E-state index contributed by atoms with van der Waals surface area (Å²) in [6.45, 7) is 10.1. The van der Waals surface area contributed by atoms with Crippen LogP contribution >= 0.6 is 11.6 Å². The van der Waals surface area contributed by atoms with Gasteiger partial charge in [-0.3, -0.25) is 0 Å². The molecule has 1 heterocycles. The zero-order chi connectivity index (χ0) is 17.4. The van der Waals surface area contributed by atoms with Crippen molar-refractivity contribution < 1.29 is 4.39 Å². The Labute approximate surface area is 145 Å². The molecule has 3 aromatic rings. The number of para-hydroxylation sites is 1. The number of halogens is 2. The number of allylic oxidation sites excluding steroid dienone is 1. The second-order valence-electron chi connectivity index (χ2n) is 6.42. The van der Waals surface area contributed by atoms with E-state index in [0.717, 1.165) is 22.2 Å². The molecule has 0 saturated heterocycles. The van der Waals surface area contributed by atoms with Gasteiger partial charge < -0.3 is 0 Å². The minimum atomic E-state index is -0.479. The van der Waals surface area contributed by atoms with Crippen LogP contribution in [0.25, 0.3) is 22.3 Å². The van der Waals surface area contributed by atoms with Gasteiger partial charge in [-0.05, 0) is 48.6 Å². The molecule has 0 fully saturated rings. The van der Waals surface area contributed by atoms with E-state index in [2.05, 4.69) is 30.7 Å². The third kappa shape index (κ3) is 2.82. The van der Waals surface area contributed by atoms with E-state index in [9.17, 15) is 4.39 Å². The van der Waals surface area contributed by atoms with Crippen molar-refractivity contribution in [1.29, 1.82) is 0 Å². The summed E-state index contributed by atoms with van der Waals surface area (Å²) in [7, 11) is 0. The monoisotopic (exact) mass is 343 g/mol. The molecular formula is C19H19ClFN3. The molecule has 24 heavy (non-hydrogen) atoms. The highest BCUT2D eigenvalue weighted by Crippen LogP contribution is 2.34. The van der Waals surface area contributed by atoms with Crippen molar-refractivity contribution in [2.24, 2.45) is 5.92 Å². The van der Waals surface area contributed by atoms with Crippen LogP contribution in [0.5, 0.6) is 0 Å². The lowest BCUT2D eigenvalue weighted by atomic mass is 9.92. The van der Waals surface area contributed by atoms with E-state index in [-0.39, 0.29) is 5.02 Å². The van der Waals surface area contributed by atoms with Crippen molar-refractivity contribution in [3.8, 4) is 5.69 Å². The van der Waals surface area contributed by atoms with E-state index in [1.165, 1.54) is 0 Å². The summed E-state index contributed by atoms with van der Waals surface area (Å²) < 4.78 is 16.5. The molecule has 2 aromatic carbocycles. The van der Waals surface area contributed by atoms with Crippen molar-refractivity contribution >= 4 is 28.2 Å². The average molecular weight is 344 g/mol. The Morgan fingerprint density at radius 3 is 2.71 bits per heavy atom. The number of aromatic nitrogens is 3. The highest BCUT2D eigenvalue weighted by atomic mass is 35.5. The third-order valence-corrected chi connectivity index (χ3v) is 4.21. The van der Waals surface area contributed by atoms with Crippen LogP contribution < -0.4 is 0 Å². The summed E-state index contributed by atoms with van der Waals surface area (Å²) in [4.78, 5) is 0. The van der Waals surface area contributed by atoms with Gasteiger partial charge in [-0.15, -0.1) is 5.10 Å². The fraction of sp³-hybridized carbons (Fsp3) is 0.263. The average Bonchev–Trinajstić information content (AvgIpc) is 2.94. The number of rotatable bonds is 4. The summed E-state index contributed by atoms with van der Waals surface area (Å²) in [6.07, 6.45) is 0.694. The van der Waals surface area contributed by atoms with Crippen molar-refractivity contribution in [2.75, 3.05) is 0 Å². The maximum atomic E-state index is 15.0. The second-order valence-corrected chi connectivity index (χ2v) is 6.82. The van der Waals surface area contributed by atoms with Gasteiger partial charge in [0.2, 0.25) is 0 Å². The zero-order valence-electron chi connectivity index (χ0n) is 14.0. The number of fused-ring (bicyclic) bond motifs is 1. The lowest BCUT2D eigenvalue weighted by molar-refractivity contribution is 0.593. The van der Waals surface area contributed by atoms with Crippen LogP contribution in [0.15, 0.2) is 36.9 Å². The molecular weight excluding hydrogens is 325 g/mol. The summed E-state index contributed by atoms with van der Waals surface area (Å²) in [5, 5.41) is 8.38. The Bertz CT molecular complexity index is 928. The quantitative estimate of drug-likeness (QED) is 0.631. The molecule has 0 N–H and O–H groups in total. The molecule has 0 unspecified atom stereocenters. The molecule has 0 bridgehead atoms. The lowest BCUT2D eigenvalue weighted by Crippen LogP contribution is -2.10. The van der Waals surface area contributed by atoms with Crippen LogP contribution in [-0.2, 0) is 6.42 Å². The van der Waals surface area contributed by atoms with Crippen molar-refractivity contribution in [2.45, 2.75) is 27.2 Å². The SMILES string of the molecule is C=C(C)c1cc(Cl)c(F)c(-n2nnc3ccccc32)c1CC(C)C. The highest BCUT2D eigenvalue weighted by molar-refractivity contribution is 6.31. The third-order valence-electron chi connectivity index (χ3n) is 3.94. The Morgan fingerprint density at radius 1 is 1.33 bits per heavy atom. The van der Waals surface area contributed by atoms with Crippen LogP contribution in [0.3, 0.4) is 0 Å². The first-order chi connectivity index (χ1) is 11.4. The minimum absolute atomic E-state index is 0.0649. The second kappa shape index (κ2) is 6.36. The van der Waals surface area contributed by atoms with E-state index >= 15 is 0 Å². The molecule has 0 radical (unpaired) electrons. The topological polar surface area (TPSA) is 30.7 Å². The largest absolute Gasteiger partial charge is 0.209 e. The van der Waals surface area contributed by atoms with Crippen molar-refractivity contribution in [3.05, 3.63) is 58.9 Å². The van der Waals surface area contributed by atoms with Crippen LogP contribution in [-0.4, -0.2) is 15.0 Å². The maximum Gasteiger partial charge on any atom is 0.167 e. The molecule has 3 nitrogen and oxygen atoms in total. The van der Waals surface area contributed by atoms with Crippen molar-refractivity contribution in [3.63, 3.8) is 0 Å². The van der Waals surface area contributed by atoms with Gasteiger partial charge in [0.1, 0.15) is 11.2 Å². The number of nitrogens with zero attached hydrogens (tertiary/aromatic N) is 3.